The van der Waals surface area contributed by atoms with Gasteiger partial charge < -0.3 is 26.0 Å². The van der Waals surface area contributed by atoms with Crippen LogP contribution in [0.2, 0.25) is 0 Å². The molecule has 14 heteroatoms. The Morgan fingerprint density at radius 3 is 1.34 bits per heavy atom. The molecular formula is C24H44N6O8. The molecule has 1 fully saturated rings. The van der Waals surface area contributed by atoms with Crippen LogP contribution in [-0.2, 0) is 24.0 Å². The lowest BCUT2D eigenvalue weighted by Crippen LogP contribution is -2.49. The van der Waals surface area contributed by atoms with E-state index >= 15 is 0 Å². The Morgan fingerprint density at radius 1 is 0.658 bits per heavy atom. The molecule has 0 aromatic rings. The predicted molar refractivity (Wildman–Crippen MR) is 139 cm³/mol. The summed E-state index contributed by atoms with van der Waals surface area (Å²) in [6, 6.07) is -0.188. The van der Waals surface area contributed by atoms with Crippen molar-refractivity contribution >= 4 is 29.6 Å². The van der Waals surface area contributed by atoms with Crippen LogP contribution in [0, 0.1) is 0 Å². The van der Waals surface area contributed by atoms with Crippen molar-refractivity contribution < 1.29 is 39.3 Å². The van der Waals surface area contributed by atoms with Crippen molar-refractivity contribution in [1.29, 1.82) is 0 Å². The number of Topliss-reactive ketones (excluding diaryl/α,β-unsaturated/α-hetero) is 1. The van der Waals surface area contributed by atoms with E-state index in [1.54, 1.807) is 28.7 Å². The van der Waals surface area contributed by atoms with Crippen LogP contribution >= 0.6 is 0 Å². The van der Waals surface area contributed by atoms with Gasteiger partial charge in [-0.25, -0.2) is 0 Å². The maximum Gasteiger partial charge on any atom is 0.317 e. The molecule has 0 saturated carbocycles. The van der Waals surface area contributed by atoms with E-state index < -0.39 is 17.9 Å². The lowest BCUT2D eigenvalue weighted by Gasteiger charge is -2.32. The fraction of sp³-hybridized carbons (Fsp3) is 0.792. The highest BCUT2D eigenvalue weighted by Gasteiger charge is 2.21. The van der Waals surface area contributed by atoms with Gasteiger partial charge in [0.05, 0.1) is 32.2 Å². The molecule has 1 heterocycles. The summed E-state index contributed by atoms with van der Waals surface area (Å²) in [5.74, 6) is -3.11. The Balaban J connectivity index is 2.76. The molecule has 1 saturated heterocycles. The molecule has 1 aliphatic rings. The summed E-state index contributed by atoms with van der Waals surface area (Å²) in [6.07, 6.45) is 2.20. The first-order valence-electron chi connectivity index (χ1n) is 13.0. The van der Waals surface area contributed by atoms with E-state index in [-0.39, 0.29) is 43.9 Å². The normalized spacial score (nSPS) is 18.2. The second-order valence-electron chi connectivity index (χ2n) is 9.58. The van der Waals surface area contributed by atoms with Crippen LogP contribution in [0.15, 0.2) is 0 Å². The molecule has 1 amide bonds. The van der Waals surface area contributed by atoms with Crippen LogP contribution in [0.1, 0.15) is 26.2 Å². The van der Waals surface area contributed by atoms with E-state index in [9.17, 15) is 39.3 Å². The fourth-order valence-corrected chi connectivity index (χ4v) is 4.30. The summed E-state index contributed by atoms with van der Waals surface area (Å²) in [5, 5.41) is 33.7. The van der Waals surface area contributed by atoms with Crippen molar-refractivity contribution in [2.75, 3.05) is 92.1 Å². The van der Waals surface area contributed by atoms with E-state index in [1.807, 2.05) is 4.90 Å². The number of amides is 1. The third kappa shape index (κ3) is 15.6. The van der Waals surface area contributed by atoms with Crippen molar-refractivity contribution in [2.24, 2.45) is 0 Å². The van der Waals surface area contributed by atoms with Crippen molar-refractivity contribution in [2.45, 2.75) is 32.2 Å². The Hall–Kier alpha value is -2.65. The lowest BCUT2D eigenvalue weighted by molar-refractivity contribution is -0.140. The van der Waals surface area contributed by atoms with Crippen molar-refractivity contribution in [3.63, 3.8) is 0 Å². The quantitative estimate of drug-likeness (QED) is 0.142. The number of rotatable bonds is 15. The molecule has 1 unspecified atom stereocenters. The summed E-state index contributed by atoms with van der Waals surface area (Å²) < 4.78 is 0. The molecule has 0 aliphatic carbocycles. The molecular weight excluding hydrogens is 500 g/mol. The molecule has 14 nitrogen and oxygen atoms in total. The highest BCUT2D eigenvalue weighted by atomic mass is 16.4. The first-order chi connectivity index (χ1) is 18.0. The summed E-state index contributed by atoms with van der Waals surface area (Å²) in [5.41, 5.74) is 0. The van der Waals surface area contributed by atoms with Gasteiger partial charge in [0.25, 0.3) is 0 Å². The minimum Gasteiger partial charge on any atom is -0.480 e. The molecule has 1 rings (SSSR count). The molecule has 0 spiro atoms. The molecule has 38 heavy (non-hydrogen) atoms. The number of likely N-dealkylation sites (N-methyl/N-ethyl adjacent to an activating group) is 1. The molecule has 1 atom stereocenters. The molecule has 218 valence electrons. The predicted octanol–water partition coefficient (Wildman–Crippen LogP) is -2.07. The van der Waals surface area contributed by atoms with Crippen LogP contribution in [0.5, 0.6) is 0 Å². The third-order valence-electron chi connectivity index (χ3n) is 6.45. The van der Waals surface area contributed by atoms with Gasteiger partial charge >= 0.3 is 17.9 Å². The van der Waals surface area contributed by atoms with Gasteiger partial charge in [0, 0.05) is 58.9 Å². The standard InChI is InChI=1S/C24H44N6O8/c1-19(31)20(25-2)5-3-4-6-26-21(32)15-27-7-9-28(16-22(33)34)11-13-30(18-24(37)38)14-12-29(10-8-27)17-23(35)36/h20,25H,3-18H2,1-2H3,(H,26,32)(H,33,34)(H,35,36)(H,37,38). The van der Waals surface area contributed by atoms with Gasteiger partial charge in [0.15, 0.2) is 0 Å². The Kier molecular flexibility index (Phi) is 16.3. The van der Waals surface area contributed by atoms with Crippen molar-refractivity contribution in [3.8, 4) is 0 Å². The number of unbranched alkanes of at least 4 members (excludes halogenated alkanes) is 1. The number of carboxylic acids is 3. The number of nitrogens with zero attached hydrogens (tertiary/aromatic N) is 4. The zero-order valence-corrected chi connectivity index (χ0v) is 22.6. The summed E-state index contributed by atoms with van der Waals surface area (Å²) in [7, 11) is 1.74. The largest absolute Gasteiger partial charge is 0.480 e. The molecule has 5 N–H and O–H groups in total. The van der Waals surface area contributed by atoms with Gasteiger partial charge in [-0.1, -0.05) is 0 Å². The number of nitrogens with one attached hydrogen (secondary N) is 2. The SMILES string of the molecule is CNC(CCCCNC(=O)CN1CCN(CC(=O)O)CCN(CC(=O)O)CCN(CC(=O)O)CC1)C(C)=O. The van der Waals surface area contributed by atoms with E-state index in [2.05, 4.69) is 10.6 Å². The Labute approximate surface area is 223 Å². The number of hydrogen-bond acceptors (Lipinski definition) is 10. The summed E-state index contributed by atoms with van der Waals surface area (Å²) >= 11 is 0. The van der Waals surface area contributed by atoms with Gasteiger partial charge in [-0.15, -0.1) is 0 Å². The van der Waals surface area contributed by atoms with Gasteiger partial charge in [-0.3, -0.25) is 43.6 Å². The average molecular weight is 545 g/mol. The highest BCUT2D eigenvalue weighted by molar-refractivity contribution is 5.81. The monoisotopic (exact) mass is 544 g/mol. The molecule has 1 aliphatic heterocycles. The van der Waals surface area contributed by atoms with E-state index in [0.29, 0.717) is 65.3 Å². The lowest BCUT2D eigenvalue weighted by atomic mass is 10.1. The van der Waals surface area contributed by atoms with Crippen molar-refractivity contribution in [3.05, 3.63) is 0 Å². The fourth-order valence-electron chi connectivity index (χ4n) is 4.30. The van der Waals surface area contributed by atoms with Gasteiger partial charge in [-0.2, -0.15) is 0 Å². The molecule has 0 aromatic carbocycles. The van der Waals surface area contributed by atoms with E-state index in [1.165, 1.54) is 0 Å². The number of aliphatic carboxylic acids is 3. The van der Waals surface area contributed by atoms with Crippen LogP contribution in [-0.4, -0.2) is 163 Å². The van der Waals surface area contributed by atoms with Crippen LogP contribution in [0.4, 0.5) is 0 Å². The highest BCUT2D eigenvalue weighted by Crippen LogP contribution is 2.03. The number of carbonyl (C=O) groups excluding carboxylic acids is 2. The zero-order valence-electron chi connectivity index (χ0n) is 22.6. The van der Waals surface area contributed by atoms with Gasteiger partial charge in [0.1, 0.15) is 5.78 Å². The Bertz CT molecular complexity index is 751. The second-order valence-corrected chi connectivity index (χ2v) is 9.58. The molecule has 0 bridgehead atoms. The van der Waals surface area contributed by atoms with Crippen LogP contribution < -0.4 is 10.6 Å². The number of hydrogen-bond donors (Lipinski definition) is 5. The maximum atomic E-state index is 12.6. The third-order valence-corrected chi connectivity index (χ3v) is 6.45. The first kappa shape index (κ1) is 33.4. The minimum absolute atomic E-state index is 0.0790. The minimum atomic E-state index is -1.01. The van der Waals surface area contributed by atoms with Crippen molar-refractivity contribution in [1.82, 2.24) is 30.2 Å². The zero-order chi connectivity index (χ0) is 28.5. The van der Waals surface area contributed by atoms with Crippen LogP contribution in [0.3, 0.4) is 0 Å². The topological polar surface area (TPSA) is 183 Å². The molecule has 0 radical (unpaired) electrons. The number of ketones is 1. The van der Waals surface area contributed by atoms with E-state index in [4.69, 9.17) is 0 Å². The second kappa shape index (κ2) is 18.6. The van der Waals surface area contributed by atoms with Gasteiger partial charge in [0.2, 0.25) is 5.91 Å². The summed E-state index contributed by atoms with van der Waals surface area (Å²) in [4.78, 5) is 65.1. The summed E-state index contributed by atoms with van der Waals surface area (Å²) in [6.45, 7) is 4.24. The molecule has 0 aromatic heterocycles. The van der Waals surface area contributed by atoms with E-state index in [0.717, 1.165) is 12.8 Å². The Morgan fingerprint density at radius 2 is 1.03 bits per heavy atom. The first-order valence-corrected chi connectivity index (χ1v) is 13.0. The maximum absolute atomic E-state index is 12.6. The van der Waals surface area contributed by atoms with Gasteiger partial charge in [-0.05, 0) is 33.2 Å². The smallest absolute Gasteiger partial charge is 0.317 e. The average Bonchev–Trinajstić information content (AvgIpc) is 2.81. The van der Waals surface area contributed by atoms with Crippen LogP contribution in [0.25, 0.3) is 0 Å². The number of carbonyl (C=O) groups is 5. The number of carboxylic acid groups (broad SMARTS) is 3.